The van der Waals surface area contributed by atoms with Crippen molar-refractivity contribution in [1.82, 2.24) is 0 Å². The van der Waals surface area contributed by atoms with Gasteiger partial charge in [0, 0.05) is 0 Å². The molecular weight excluding hydrogens is 233 g/mol. The molecule has 2 N–H and O–H groups in total. The molecule has 3 heteroatoms. The van der Waals surface area contributed by atoms with Gasteiger partial charge in [0.15, 0.2) is 0 Å². The van der Waals surface area contributed by atoms with Crippen LogP contribution in [0.2, 0.25) is 0 Å². The summed E-state index contributed by atoms with van der Waals surface area (Å²) >= 11 is 1.10. The van der Waals surface area contributed by atoms with Gasteiger partial charge < -0.3 is 0 Å². The van der Waals surface area contributed by atoms with Crippen LogP contribution in [0.1, 0.15) is 13.8 Å². The zero-order valence-corrected chi connectivity index (χ0v) is 8.46. The molecule has 0 saturated carbocycles. The molecule has 0 spiro atoms. The zero-order chi connectivity index (χ0) is 6.41. The second-order valence-corrected chi connectivity index (χ2v) is 8.80. The molecule has 0 fully saturated rings. The fourth-order valence-corrected chi connectivity index (χ4v) is 5.10. The topological polar surface area (TPSA) is 26.0 Å². The van der Waals surface area contributed by atoms with Crippen molar-refractivity contribution < 1.29 is 0 Å². The average Bonchev–Trinajstić information content (AvgIpc) is 1.83. The summed E-state index contributed by atoms with van der Waals surface area (Å²) in [6.07, 6.45) is 0. The van der Waals surface area contributed by atoms with Crippen LogP contribution in [0.5, 0.6) is 0 Å². The summed E-state index contributed by atoms with van der Waals surface area (Å²) in [5.41, 5.74) is 0. The van der Waals surface area contributed by atoms with Crippen molar-refractivity contribution in [2.75, 3.05) is 13.9 Å². The van der Waals surface area contributed by atoms with E-state index in [2.05, 4.69) is 13.8 Å². The molecule has 0 unspecified atom stereocenters. The number of alkyl halides is 2. The van der Waals surface area contributed by atoms with Crippen LogP contribution in [-0.2, 0) is 0 Å². The van der Waals surface area contributed by atoms with E-state index in [1.807, 2.05) is 11.8 Å². The second kappa shape index (κ2) is 6.16. The molecular formula is C5H14INS. The molecule has 52 valence electrons. The Balaban J connectivity index is 2.86. The van der Waals surface area contributed by atoms with Gasteiger partial charge in [0.05, 0.1) is 0 Å². The Morgan fingerprint density at radius 1 is 1.50 bits per heavy atom. The first kappa shape index (κ1) is 9.04. The molecule has 0 atom stereocenters. The summed E-state index contributed by atoms with van der Waals surface area (Å²) in [6.45, 7) is 4.38. The Kier molecular flexibility index (Phi) is 6.97. The van der Waals surface area contributed by atoms with Crippen molar-refractivity contribution in [3.63, 3.8) is 0 Å². The van der Waals surface area contributed by atoms with Crippen molar-refractivity contribution in [3.8, 4) is 0 Å². The third-order valence-electron chi connectivity index (χ3n) is 0.765. The monoisotopic (exact) mass is 247 g/mol. The maximum atomic E-state index is 5.79. The molecule has 0 saturated heterocycles. The molecule has 0 aliphatic carbocycles. The number of thioether (sulfide) groups is 1. The van der Waals surface area contributed by atoms with Gasteiger partial charge in [-0.15, -0.1) is 0 Å². The molecule has 8 heavy (non-hydrogen) atoms. The van der Waals surface area contributed by atoms with E-state index in [1.54, 1.807) is 0 Å². The summed E-state index contributed by atoms with van der Waals surface area (Å²) < 4.78 is 8.33. The van der Waals surface area contributed by atoms with E-state index in [4.69, 9.17) is 3.95 Å². The van der Waals surface area contributed by atoms with Crippen molar-refractivity contribution in [3.05, 3.63) is 0 Å². The quantitative estimate of drug-likeness (QED) is 0.467. The Hall–Kier alpha value is 1.04. The van der Waals surface area contributed by atoms with Crippen molar-refractivity contribution in [1.29, 1.82) is 0 Å². The summed E-state index contributed by atoms with van der Waals surface area (Å²) in [7, 11) is 0. The third-order valence-corrected chi connectivity index (χ3v) is 7.29. The summed E-state index contributed by atoms with van der Waals surface area (Å²) in [5.74, 6) is 1.23. The first-order valence-corrected chi connectivity index (χ1v) is 8.20. The SMILES string of the molecule is CCSCI(N)CC. The molecule has 0 rings (SSSR count). The Bertz CT molecular complexity index is 51.7. The van der Waals surface area contributed by atoms with Crippen LogP contribution in [0.15, 0.2) is 0 Å². The molecule has 0 aliphatic heterocycles. The minimum atomic E-state index is -0.884. The Labute approximate surface area is 63.5 Å². The van der Waals surface area contributed by atoms with E-state index in [0.717, 1.165) is 0 Å². The van der Waals surface area contributed by atoms with Gasteiger partial charge in [-0.1, -0.05) is 0 Å². The van der Waals surface area contributed by atoms with Gasteiger partial charge in [-0.25, -0.2) is 0 Å². The molecule has 0 aliphatic rings. The van der Waals surface area contributed by atoms with Crippen molar-refractivity contribution in [2.45, 2.75) is 13.8 Å². The molecule has 0 aromatic carbocycles. The van der Waals surface area contributed by atoms with Crippen molar-refractivity contribution >= 4 is 31.9 Å². The predicted octanol–water partition coefficient (Wildman–Crippen LogP) is 2.10. The van der Waals surface area contributed by atoms with E-state index in [-0.39, 0.29) is 0 Å². The van der Waals surface area contributed by atoms with Gasteiger partial charge in [0.25, 0.3) is 0 Å². The maximum absolute atomic E-state index is 5.79. The average molecular weight is 247 g/mol. The summed E-state index contributed by atoms with van der Waals surface area (Å²) in [5, 5.41) is 0. The second-order valence-electron chi connectivity index (χ2n) is 1.37. The van der Waals surface area contributed by atoms with Crippen LogP contribution >= 0.6 is 31.9 Å². The molecule has 0 amide bonds. The molecule has 0 aromatic rings. The normalized spacial score (nSPS) is 11.6. The number of halogens is 1. The van der Waals surface area contributed by atoms with E-state index in [1.165, 1.54) is 13.9 Å². The van der Waals surface area contributed by atoms with Gasteiger partial charge in [-0.05, 0) is 0 Å². The van der Waals surface area contributed by atoms with Gasteiger partial charge in [0.1, 0.15) is 0 Å². The molecule has 1 nitrogen and oxygen atoms in total. The van der Waals surface area contributed by atoms with Gasteiger partial charge in [-0.2, -0.15) is 0 Å². The predicted molar refractivity (Wildman–Crippen MR) is 51.7 cm³/mol. The van der Waals surface area contributed by atoms with Crippen LogP contribution in [0.3, 0.4) is 0 Å². The van der Waals surface area contributed by atoms with Gasteiger partial charge in [0.2, 0.25) is 0 Å². The van der Waals surface area contributed by atoms with E-state index < -0.39 is 20.1 Å². The fraction of sp³-hybridized carbons (Fsp3) is 1.00. The van der Waals surface area contributed by atoms with Crippen LogP contribution < -0.4 is 3.95 Å². The van der Waals surface area contributed by atoms with Crippen LogP contribution in [0.4, 0.5) is 0 Å². The number of hydrogen-bond acceptors (Lipinski definition) is 2. The molecule has 0 heterocycles. The zero-order valence-electron chi connectivity index (χ0n) is 5.48. The van der Waals surface area contributed by atoms with Crippen LogP contribution in [0.25, 0.3) is 0 Å². The first-order valence-electron chi connectivity index (χ1n) is 2.74. The van der Waals surface area contributed by atoms with Crippen LogP contribution in [0, 0.1) is 0 Å². The van der Waals surface area contributed by atoms with E-state index in [0.29, 0.717) is 0 Å². The fourth-order valence-electron chi connectivity index (χ4n) is 0.253. The first-order chi connectivity index (χ1) is 3.81. The molecule has 0 radical (unpaired) electrons. The van der Waals surface area contributed by atoms with Crippen LogP contribution in [-0.4, -0.2) is 13.9 Å². The summed E-state index contributed by atoms with van der Waals surface area (Å²) in [6, 6.07) is 0. The van der Waals surface area contributed by atoms with Crippen molar-refractivity contribution in [2.24, 2.45) is 3.95 Å². The molecule has 0 bridgehead atoms. The van der Waals surface area contributed by atoms with Gasteiger partial charge in [-0.3, -0.25) is 0 Å². The Morgan fingerprint density at radius 2 is 2.12 bits per heavy atom. The minimum absolute atomic E-state index is 0.884. The Morgan fingerprint density at radius 3 is 2.50 bits per heavy atom. The van der Waals surface area contributed by atoms with Gasteiger partial charge >= 0.3 is 63.6 Å². The van der Waals surface area contributed by atoms with E-state index >= 15 is 0 Å². The standard InChI is InChI=1S/C5H14INS/c1-3-6(7)5-8-4-2/h3-5,7H2,1-2H3. The molecule has 0 aromatic heterocycles. The summed E-state index contributed by atoms with van der Waals surface area (Å²) in [4.78, 5) is 0. The van der Waals surface area contributed by atoms with E-state index in [9.17, 15) is 0 Å². The number of hydrogen-bond donors (Lipinski definition) is 1. The number of rotatable bonds is 4. The number of nitrogens with two attached hydrogens (primary N) is 1. The third kappa shape index (κ3) is 5.18.